The minimum atomic E-state index is -0.817. The lowest BCUT2D eigenvalue weighted by Gasteiger charge is -2.50. The van der Waals surface area contributed by atoms with Gasteiger partial charge in [0.25, 0.3) is 0 Å². The van der Waals surface area contributed by atoms with E-state index in [-0.39, 0.29) is 0 Å². The summed E-state index contributed by atoms with van der Waals surface area (Å²) in [4.78, 5) is 0. The summed E-state index contributed by atoms with van der Waals surface area (Å²) in [5.74, 6) is 1.04. The standard InChI is InChI=1S/C21H32NO2/c1-22-13-11-17(12-14-22)20(15-22)24-16-21(23,19-9-5-6-10-19)18-7-3-2-4-8-18/h2-4,7-8,17,19-20,23H,5-6,9-16H2,1H3/q+1/t17?,20-,21+,22?/m1/s1. The van der Waals surface area contributed by atoms with Crippen LogP contribution < -0.4 is 0 Å². The normalized spacial score (nSPS) is 35.9. The van der Waals surface area contributed by atoms with Gasteiger partial charge in [-0.3, -0.25) is 0 Å². The van der Waals surface area contributed by atoms with Crippen LogP contribution in [0.4, 0.5) is 0 Å². The second-order valence-corrected chi connectivity index (χ2v) is 8.71. The molecule has 0 unspecified atom stereocenters. The lowest BCUT2D eigenvalue weighted by atomic mass is 9.80. The summed E-state index contributed by atoms with van der Waals surface area (Å²) < 4.78 is 7.61. The Morgan fingerprint density at radius 1 is 1.08 bits per heavy atom. The lowest BCUT2D eigenvalue weighted by Crippen LogP contribution is -2.62. The molecule has 2 bridgehead atoms. The Labute approximate surface area is 146 Å². The topological polar surface area (TPSA) is 29.5 Å². The van der Waals surface area contributed by atoms with E-state index in [4.69, 9.17) is 4.74 Å². The monoisotopic (exact) mass is 330 g/mol. The Morgan fingerprint density at radius 3 is 2.38 bits per heavy atom. The average molecular weight is 330 g/mol. The average Bonchev–Trinajstić information content (AvgIpc) is 3.16. The van der Waals surface area contributed by atoms with Gasteiger partial charge in [-0.15, -0.1) is 0 Å². The van der Waals surface area contributed by atoms with Crippen molar-refractivity contribution in [1.82, 2.24) is 0 Å². The Hall–Kier alpha value is -0.900. The van der Waals surface area contributed by atoms with Gasteiger partial charge in [0.1, 0.15) is 18.2 Å². The number of aliphatic hydroxyl groups is 1. The molecule has 0 aromatic heterocycles. The van der Waals surface area contributed by atoms with Crippen LogP contribution in [0.5, 0.6) is 0 Å². The summed E-state index contributed by atoms with van der Waals surface area (Å²) in [6, 6.07) is 10.3. The maximum Gasteiger partial charge on any atom is 0.116 e. The van der Waals surface area contributed by atoms with E-state index in [1.165, 1.54) is 38.8 Å². The Kier molecular flexibility index (Phi) is 4.44. The van der Waals surface area contributed by atoms with Gasteiger partial charge in [0.15, 0.2) is 0 Å². The quantitative estimate of drug-likeness (QED) is 0.839. The first kappa shape index (κ1) is 16.6. The van der Waals surface area contributed by atoms with Gasteiger partial charge in [0.05, 0.1) is 26.7 Å². The first-order valence-corrected chi connectivity index (χ1v) is 9.82. The molecule has 3 nitrogen and oxygen atoms in total. The highest BCUT2D eigenvalue weighted by molar-refractivity contribution is 5.24. The number of hydrogen-bond acceptors (Lipinski definition) is 2. The minimum absolute atomic E-state index is 0.328. The number of likely N-dealkylation sites (N-methyl/N-ethyl adjacent to an activating group) is 1. The molecule has 3 heterocycles. The van der Waals surface area contributed by atoms with Crippen molar-refractivity contribution in [2.24, 2.45) is 11.8 Å². The highest BCUT2D eigenvalue weighted by atomic mass is 16.5. The van der Waals surface area contributed by atoms with E-state index in [9.17, 15) is 5.11 Å². The van der Waals surface area contributed by atoms with Gasteiger partial charge in [-0.1, -0.05) is 43.2 Å². The van der Waals surface area contributed by atoms with Gasteiger partial charge < -0.3 is 14.3 Å². The molecule has 1 saturated carbocycles. The second-order valence-electron chi connectivity index (χ2n) is 8.71. The summed E-state index contributed by atoms with van der Waals surface area (Å²) in [6.45, 7) is 4.19. The van der Waals surface area contributed by atoms with Crippen LogP contribution in [0.3, 0.4) is 0 Å². The van der Waals surface area contributed by atoms with Gasteiger partial charge in [-0.05, 0) is 24.3 Å². The number of benzene rings is 1. The molecule has 132 valence electrons. The van der Waals surface area contributed by atoms with Crippen LogP contribution in [-0.2, 0) is 10.3 Å². The molecule has 4 aliphatic rings. The predicted octanol–water partition coefficient (Wildman–Crippen LogP) is 3.32. The zero-order valence-electron chi connectivity index (χ0n) is 15.0. The maximum absolute atomic E-state index is 11.6. The molecule has 3 saturated heterocycles. The molecule has 4 fully saturated rings. The summed E-state index contributed by atoms with van der Waals surface area (Å²) in [5.41, 5.74) is 0.223. The Morgan fingerprint density at radius 2 is 1.75 bits per heavy atom. The molecule has 1 N–H and O–H groups in total. The van der Waals surface area contributed by atoms with E-state index < -0.39 is 5.60 Å². The number of quaternary nitrogens is 1. The highest BCUT2D eigenvalue weighted by Gasteiger charge is 2.46. The van der Waals surface area contributed by atoms with Gasteiger partial charge in [0, 0.05) is 18.8 Å². The third-order valence-electron chi connectivity index (χ3n) is 7.05. The maximum atomic E-state index is 11.6. The largest absolute Gasteiger partial charge is 0.382 e. The van der Waals surface area contributed by atoms with Crippen molar-refractivity contribution < 1.29 is 14.3 Å². The number of ether oxygens (including phenoxy) is 1. The van der Waals surface area contributed by atoms with Gasteiger partial charge in [0.2, 0.25) is 0 Å². The van der Waals surface area contributed by atoms with Crippen molar-refractivity contribution in [2.75, 3.05) is 33.3 Å². The SMILES string of the molecule is C[N+]12CCC(CC1)[C@H](OC[C@](O)(c1ccccc1)C1CCCC1)C2. The summed E-state index contributed by atoms with van der Waals surface area (Å²) in [7, 11) is 2.37. The molecule has 3 heteroatoms. The van der Waals surface area contributed by atoms with E-state index in [0.29, 0.717) is 24.5 Å². The molecule has 3 aliphatic heterocycles. The van der Waals surface area contributed by atoms with Crippen LogP contribution in [0.2, 0.25) is 0 Å². The molecule has 1 aromatic rings. The number of nitrogens with zero attached hydrogens (tertiary/aromatic N) is 1. The molecular weight excluding hydrogens is 298 g/mol. The predicted molar refractivity (Wildman–Crippen MR) is 95.5 cm³/mol. The number of piperidine rings is 3. The summed E-state index contributed by atoms with van der Waals surface area (Å²) in [5, 5.41) is 11.6. The van der Waals surface area contributed by atoms with Crippen molar-refractivity contribution in [3.63, 3.8) is 0 Å². The molecule has 2 atom stereocenters. The molecule has 0 radical (unpaired) electrons. The third-order valence-corrected chi connectivity index (χ3v) is 7.05. The fourth-order valence-electron chi connectivity index (χ4n) is 5.34. The Balaban J connectivity index is 1.50. The van der Waals surface area contributed by atoms with E-state index in [2.05, 4.69) is 19.2 Å². The second kappa shape index (κ2) is 6.44. The van der Waals surface area contributed by atoms with Gasteiger partial charge >= 0.3 is 0 Å². The van der Waals surface area contributed by atoms with Crippen molar-refractivity contribution in [3.8, 4) is 0 Å². The van der Waals surface area contributed by atoms with E-state index >= 15 is 0 Å². The zero-order chi connectivity index (χ0) is 16.6. The highest BCUT2D eigenvalue weighted by Crippen LogP contribution is 2.42. The van der Waals surface area contributed by atoms with Crippen molar-refractivity contribution in [1.29, 1.82) is 0 Å². The van der Waals surface area contributed by atoms with Crippen molar-refractivity contribution in [2.45, 2.75) is 50.2 Å². The van der Waals surface area contributed by atoms with Crippen LogP contribution in [-0.4, -0.2) is 49.0 Å². The number of fused-ring (bicyclic) bond motifs is 3. The molecule has 1 aromatic carbocycles. The van der Waals surface area contributed by atoms with Crippen LogP contribution >= 0.6 is 0 Å². The zero-order valence-corrected chi connectivity index (χ0v) is 15.0. The van der Waals surface area contributed by atoms with Crippen LogP contribution in [0.15, 0.2) is 30.3 Å². The summed E-state index contributed by atoms with van der Waals surface area (Å²) >= 11 is 0. The molecule has 0 spiro atoms. The van der Waals surface area contributed by atoms with E-state index in [1.807, 2.05) is 18.2 Å². The first-order valence-electron chi connectivity index (χ1n) is 9.82. The summed E-state index contributed by atoms with van der Waals surface area (Å²) in [6.07, 6.45) is 7.62. The van der Waals surface area contributed by atoms with Crippen LogP contribution in [0, 0.1) is 11.8 Å². The smallest absolute Gasteiger partial charge is 0.116 e. The molecule has 1 aliphatic carbocycles. The Bertz CT molecular complexity index is 546. The van der Waals surface area contributed by atoms with E-state index in [0.717, 1.165) is 29.4 Å². The van der Waals surface area contributed by atoms with Gasteiger partial charge in [-0.25, -0.2) is 0 Å². The first-order chi connectivity index (χ1) is 11.6. The van der Waals surface area contributed by atoms with E-state index in [1.54, 1.807) is 0 Å². The molecule has 24 heavy (non-hydrogen) atoms. The molecule has 5 rings (SSSR count). The number of rotatable bonds is 5. The van der Waals surface area contributed by atoms with Crippen molar-refractivity contribution in [3.05, 3.63) is 35.9 Å². The molecular formula is C21H32NO2+. The minimum Gasteiger partial charge on any atom is -0.382 e. The third kappa shape index (κ3) is 3.02. The fraction of sp³-hybridized carbons (Fsp3) is 0.714. The van der Waals surface area contributed by atoms with Crippen molar-refractivity contribution >= 4 is 0 Å². The van der Waals surface area contributed by atoms with Crippen LogP contribution in [0.1, 0.15) is 44.1 Å². The number of hydrogen-bond donors (Lipinski definition) is 1. The van der Waals surface area contributed by atoms with Gasteiger partial charge in [-0.2, -0.15) is 0 Å². The van der Waals surface area contributed by atoms with Crippen LogP contribution in [0.25, 0.3) is 0 Å². The lowest BCUT2D eigenvalue weighted by molar-refractivity contribution is -0.928. The molecule has 0 amide bonds. The fourth-order valence-corrected chi connectivity index (χ4v) is 5.34.